The Bertz CT molecular complexity index is 3250. The molecular weight excluding hydrogens is 1210 g/mol. The lowest BCUT2D eigenvalue weighted by Crippen LogP contribution is -2.50. The Morgan fingerprint density at radius 3 is 1.29 bits per heavy atom. The van der Waals surface area contributed by atoms with Crippen LogP contribution in [-0.4, -0.2) is 96.7 Å². The molecule has 0 aliphatic carbocycles. The third kappa shape index (κ3) is 18.1. The van der Waals surface area contributed by atoms with Gasteiger partial charge in [0.1, 0.15) is 29.1 Å². The highest BCUT2D eigenvalue weighted by atomic mass is 127. The molecule has 18 heteroatoms. The molecule has 0 saturated carbocycles. The number of carbonyl (C=O) groups is 3. The third-order valence-electron chi connectivity index (χ3n) is 15.3. The summed E-state index contributed by atoms with van der Waals surface area (Å²) in [6, 6.07) is 4.41. The molecule has 0 N–H and O–H groups in total. The first-order chi connectivity index (χ1) is 39.5. The zero-order valence-electron chi connectivity index (χ0n) is 55.8. The number of pyridine rings is 2. The van der Waals surface area contributed by atoms with Crippen molar-refractivity contribution in [2.45, 2.75) is 261 Å². The fraction of sp³-hybridized carbons (Fsp3) is 0.597. The van der Waals surface area contributed by atoms with E-state index in [9.17, 15) is 14.4 Å². The maximum atomic E-state index is 13.8. The molecule has 0 spiro atoms. The summed E-state index contributed by atoms with van der Waals surface area (Å²) in [5.41, 5.74) is 6.63. The second-order valence-corrected chi connectivity index (χ2v) is 38.7. The van der Waals surface area contributed by atoms with Crippen LogP contribution in [0, 0.1) is 27.8 Å². The van der Waals surface area contributed by atoms with Crippen molar-refractivity contribution in [3.05, 3.63) is 70.8 Å². The number of nitrogens with zero attached hydrogens (tertiary/aromatic N) is 8. The van der Waals surface area contributed by atoms with Crippen LogP contribution in [0.25, 0.3) is 44.3 Å². The standard InChI is InChI=1S/C34H50N4O4Si.C18H21IN4O2.C15H30OSi/c1-13-14-28(42-43(23(4)5,24(6)7)25(8)9)15-16-31(39)30-21-37(33(40)41-34(10,11)12)32-29(30)17-26(18-35-32)27-19-36-38(20-27)22(2)3;1-11(2)23-9-13(8-21-23)12-6-14-15(19)10-22(16(14)20-7-12)17(24)25-18(3,4)5;1-9-11-15(10-2)16-17(12(3)4,13(5)6)14(7)8/h17-25,28H,13-14H2,1-12H3;6-11H,1-5H3;2,12-15H,9,11H2,1,3-8H3. The predicted molar refractivity (Wildman–Crippen MR) is 361 cm³/mol. The number of carbonyl (C=O) groups excluding carboxylic acids is 3. The predicted octanol–water partition coefficient (Wildman–Crippen LogP) is 18.7. The van der Waals surface area contributed by atoms with Gasteiger partial charge in [-0.25, -0.2) is 28.7 Å². The summed E-state index contributed by atoms with van der Waals surface area (Å²) in [4.78, 5) is 48.4. The summed E-state index contributed by atoms with van der Waals surface area (Å²) < 4.78 is 32.0. The molecule has 85 heavy (non-hydrogen) atoms. The zero-order valence-corrected chi connectivity index (χ0v) is 59.9. The van der Waals surface area contributed by atoms with Gasteiger partial charge >= 0.3 is 12.2 Å². The van der Waals surface area contributed by atoms with Gasteiger partial charge in [-0.3, -0.25) is 14.2 Å². The minimum atomic E-state index is -2.20. The van der Waals surface area contributed by atoms with E-state index in [1.54, 1.807) is 45.6 Å². The molecule has 6 aromatic heterocycles. The first-order valence-electron chi connectivity index (χ1n) is 30.6. The first-order valence-corrected chi connectivity index (χ1v) is 36.0. The Hall–Kier alpha value is -5.39. The molecule has 0 aliphatic rings. The van der Waals surface area contributed by atoms with Gasteiger partial charge in [-0.1, -0.05) is 122 Å². The van der Waals surface area contributed by atoms with E-state index >= 15 is 0 Å². The highest BCUT2D eigenvalue weighted by Gasteiger charge is 2.47. The molecule has 6 rings (SSSR count). The lowest BCUT2D eigenvalue weighted by Gasteiger charge is -2.43. The third-order valence-corrected chi connectivity index (χ3v) is 28.4. The fourth-order valence-electron chi connectivity index (χ4n) is 11.5. The second kappa shape index (κ2) is 30.5. The number of halogens is 1. The molecule has 466 valence electrons. The minimum Gasteiger partial charge on any atom is -0.443 e. The van der Waals surface area contributed by atoms with Crippen molar-refractivity contribution in [2.75, 3.05) is 0 Å². The van der Waals surface area contributed by atoms with Crippen molar-refractivity contribution in [3.8, 4) is 46.4 Å². The van der Waals surface area contributed by atoms with Crippen LogP contribution in [-0.2, 0) is 18.3 Å². The van der Waals surface area contributed by atoms with Gasteiger partial charge in [-0.15, -0.1) is 6.42 Å². The van der Waals surface area contributed by atoms with Crippen molar-refractivity contribution in [3.63, 3.8) is 0 Å². The molecule has 0 aromatic carbocycles. The van der Waals surface area contributed by atoms with Gasteiger partial charge in [0.15, 0.2) is 5.65 Å². The van der Waals surface area contributed by atoms with E-state index < -0.39 is 40.0 Å². The Balaban J connectivity index is 0.000000309. The Morgan fingerprint density at radius 1 is 0.553 bits per heavy atom. The van der Waals surface area contributed by atoms with E-state index in [1.807, 2.05) is 60.9 Å². The van der Waals surface area contributed by atoms with Crippen LogP contribution in [0.4, 0.5) is 9.59 Å². The number of aromatic nitrogens is 8. The van der Waals surface area contributed by atoms with E-state index in [-0.39, 0.29) is 24.0 Å². The molecule has 0 saturated heterocycles. The molecule has 6 heterocycles. The van der Waals surface area contributed by atoms with E-state index in [1.165, 1.54) is 15.3 Å². The number of ether oxygens (including phenoxy) is 2. The van der Waals surface area contributed by atoms with Crippen molar-refractivity contribution in [1.82, 2.24) is 38.7 Å². The fourth-order valence-corrected chi connectivity index (χ4v) is 23.2. The highest BCUT2D eigenvalue weighted by molar-refractivity contribution is 14.1. The average Bonchev–Trinajstić information content (AvgIpc) is 2.76. The maximum Gasteiger partial charge on any atom is 0.420 e. The number of Topliss-reactive ketones (excluding diaryl/α,β-unsaturated/α-hetero) is 1. The smallest absolute Gasteiger partial charge is 0.420 e. The summed E-state index contributed by atoms with van der Waals surface area (Å²) in [6.07, 6.45) is 22.2. The molecule has 0 aliphatic heterocycles. The SMILES string of the molecule is C#CC(CCC)O[Si](C(C)C)(C(C)C)C(C)C.CC(C)n1cc(-c2cnc3c(c2)c(I)cn3C(=O)OC(C)(C)C)cn1.CCCC(C#CC(=O)c1cn(C(=O)OC(C)(C)C)c2ncc(-c3cnn(C(C)C)c3)cc12)O[Si](C(C)C)(C(C)C)C(C)C. The summed E-state index contributed by atoms with van der Waals surface area (Å²) in [5, 5.41) is 10.3. The van der Waals surface area contributed by atoms with Crippen LogP contribution >= 0.6 is 22.6 Å². The van der Waals surface area contributed by atoms with Crippen molar-refractivity contribution in [2.24, 2.45) is 0 Å². The van der Waals surface area contributed by atoms with E-state index in [0.717, 1.165) is 56.9 Å². The normalized spacial score (nSPS) is 13.1. The molecule has 0 fully saturated rings. The number of ketones is 1. The molecule has 2 atom stereocenters. The van der Waals surface area contributed by atoms with Gasteiger partial charge in [0.25, 0.3) is 0 Å². The van der Waals surface area contributed by atoms with E-state index in [2.05, 4.69) is 185 Å². The number of rotatable bonds is 19. The summed E-state index contributed by atoms with van der Waals surface area (Å²) in [5.74, 6) is 8.54. The minimum absolute atomic E-state index is 0.0128. The van der Waals surface area contributed by atoms with Gasteiger partial charge in [-0.05, 0) is 156 Å². The molecular formula is C67H101IN8O7Si2. The number of hydrogen-bond donors (Lipinski definition) is 0. The lowest BCUT2D eigenvalue weighted by molar-refractivity contribution is 0.0532. The van der Waals surface area contributed by atoms with Crippen LogP contribution in [0.2, 0.25) is 33.2 Å². The molecule has 0 radical (unpaired) electrons. The average molecular weight is 1310 g/mol. The topological polar surface area (TPSA) is 159 Å². The first kappa shape index (κ1) is 72.1. The zero-order chi connectivity index (χ0) is 64.3. The van der Waals surface area contributed by atoms with Crippen LogP contribution in [0.15, 0.2) is 61.7 Å². The largest absolute Gasteiger partial charge is 0.443 e. The molecule has 2 unspecified atom stereocenters. The summed E-state index contributed by atoms with van der Waals surface area (Å²) in [6.45, 7) is 50.7. The van der Waals surface area contributed by atoms with Crippen molar-refractivity contribution >= 4 is 79.3 Å². The van der Waals surface area contributed by atoms with E-state index in [4.69, 9.17) is 24.7 Å². The van der Waals surface area contributed by atoms with Crippen molar-refractivity contribution in [1.29, 1.82) is 0 Å². The molecule has 6 aromatic rings. The monoisotopic (exact) mass is 1310 g/mol. The maximum absolute atomic E-state index is 13.8. The van der Waals surface area contributed by atoms with Gasteiger partial charge in [0.2, 0.25) is 22.4 Å². The quantitative estimate of drug-likeness (QED) is 0.0250. The van der Waals surface area contributed by atoms with Crippen LogP contribution < -0.4 is 0 Å². The van der Waals surface area contributed by atoms with Gasteiger partial charge in [0, 0.05) is 85.9 Å². The van der Waals surface area contributed by atoms with E-state index in [0.29, 0.717) is 61.5 Å². The second-order valence-electron chi connectivity index (χ2n) is 26.7. The molecule has 15 nitrogen and oxygen atoms in total. The number of terminal acetylenes is 1. The Morgan fingerprint density at radius 2 is 0.929 bits per heavy atom. The Kier molecular flexibility index (Phi) is 25.9. The lowest BCUT2D eigenvalue weighted by atomic mass is 10.1. The summed E-state index contributed by atoms with van der Waals surface area (Å²) in [7, 11) is -4.00. The number of hydrogen-bond acceptors (Lipinski definition) is 11. The van der Waals surface area contributed by atoms with Gasteiger partial charge < -0.3 is 18.3 Å². The summed E-state index contributed by atoms with van der Waals surface area (Å²) >= 11 is 2.21. The van der Waals surface area contributed by atoms with Gasteiger partial charge in [-0.2, -0.15) is 10.2 Å². The molecule has 0 amide bonds. The highest BCUT2D eigenvalue weighted by Crippen LogP contribution is 2.45. The van der Waals surface area contributed by atoms with Crippen molar-refractivity contribution < 1.29 is 32.7 Å². The number of fused-ring (bicyclic) bond motifs is 2. The Labute approximate surface area is 525 Å². The van der Waals surface area contributed by atoms with Crippen LogP contribution in [0.3, 0.4) is 0 Å². The van der Waals surface area contributed by atoms with Crippen LogP contribution in [0.5, 0.6) is 0 Å². The van der Waals surface area contributed by atoms with Crippen LogP contribution in [0.1, 0.15) is 214 Å². The molecule has 0 bridgehead atoms. The van der Waals surface area contributed by atoms with Gasteiger partial charge in [0.05, 0.1) is 18.0 Å².